The van der Waals surface area contributed by atoms with E-state index in [-0.39, 0.29) is 17.6 Å². The van der Waals surface area contributed by atoms with Gasteiger partial charge in [-0.25, -0.2) is 9.37 Å². The lowest BCUT2D eigenvalue weighted by atomic mass is 9.95. The molecule has 4 aromatic rings. The molecule has 0 atom stereocenters. The van der Waals surface area contributed by atoms with E-state index in [4.69, 9.17) is 4.52 Å². The Labute approximate surface area is 209 Å². The molecular weight excluding hydrogens is 457 g/mol. The first kappa shape index (κ1) is 23.7. The summed E-state index contributed by atoms with van der Waals surface area (Å²) in [6.07, 6.45) is 5.11. The smallest absolute Gasteiger partial charge is 0.261 e. The highest BCUT2D eigenvalue weighted by molar-refractivity contribution is 5.79. The number of carbonyl (C=O) groups excluding carboxylic acids is 1. The molecule has 1 aliphatic rings. The second-order valence-corrected chi connectivity index (χ2v) is 8.95. The molecule has 5 rings (SSSR count). The number of rotatable bonds is 8. The van der Waals surface area contributed by atoms with Gasteiger partial charge >= 0.3 is 0 Å². The summed E-state index contributed by atoms with van der Waals surface area (Å²) >= 11 is 0. The number of nitrogens with one attached hydrogen (secondary N) is 1. The van der Waals surface area contributed by atoms with Gasteiger partial charge in [0.1, 0.15) is 11.6 Å². The SMILES string of the molecule is O=C(NCCCc1ccccc1)C1CCN(c2ncccc2-c2nc(-c3cccc(F)c3)no2)CC1. The van der Waals surface area contributed by atoms with Crippen LogP contribution in [-0.2, 0) is 11.2 Å². The first-order valence-electron chi connectivity index (χ1n) is 12.3. The van der Waals surface area contributed by atoms with Crippen molar-refractivity contribution in [2.75, 3.05) is 24.5 Å². The fraction of sp³-hybridized carbons (Fsp3) is 0.286. The molecule has 1 aliphatic heterocycles. The Morgan fingerprint density at radius 2 is 1.89 bits per heavy atom. The normalized spacial score (nSPS) is 14.1. The van der Waals surface area contributed by atoms with Crippen LogP contribution in [-0.4, -0.2) is 40.7 Å². The summed E-state index contributed by atoms with van der Waals surface area (Å²) < 4.78 is 19.1. The van der Waals surface area contributed by atoms with Crippen LogP contribution in [0.5, 0.6) is 0 Å². The predicted octanol–water partition coefficient (Wildman–Crippen LogP) is 4.90. The first-order chi connectivity index (χ1) is 17.7. The zero-order chi connectivity index (χ0) is 24.7. The number of carbonyl (C=O) groups is 1. The number of aromatic nitrogens is 3. The topological polar surface area (TPSA) is 84.2 Å². The number of anilines is 1. The summed E-state index contributed by atoms with van der Waals surface area (Å²) in [5, 5.41) is 7.13. The van der Waals surface area contributed by atoms with E-state index in [2.05, 4.69) is 37.5 Å². The largest absolute Gasteiger partial charge is 0.356 e. The van der Waals surface area contributed by atoms with Crippen LogP contribution in [0.4, 0.5) is 10.2 Å². The Bertz CT molecular complexity index is 1300. The molecule has 0 unspecified atom stereocenters. The molecule has 2 aromatic heterocycles. The van der Waals surface area contributed by atoms with Gasteiger partial charge in [-0.05, 0) is 55.5 Å². The summed E-state index contributed by atoms with van der Waals surface area (Å²) in [5.41, 5.74) is 2.55. The molecule has 1 N–H and O–H groups in total. The maximum absolute atomic E-state index is 13.6. The average Bonchev–Trinajstić information content (AvgIpc) is 3.42. The maximum atomic E-state index is 13.6. The van der Waals surface area contributed by atoms with Crippen LogP contribution in [0.3, 0.4) is 0 Å². The number of pyridine rings is 1. The van der Waals surface area contributed by atoms with Crippen LogP contribution in [0, 0.1) is 11.7 Å². The number of piperidine rings is 1. The second-order valence-electron chi connectivity index (χ2n) is 8.95. The first-order valence-corrected chi connectivity index (χ1v) is 12.3. The number of halogens is 1. The van der Waals surface area contributed by atoms with Crippen molar-refractivity contribution in [1.82, 2.24) is 20.4 Å². The molecule has 0 spiro atoms. The van der Waals surface area contributed by atoms with Gasteiger partial charge in [0.05, 0.1) is 5.56 Å². The molecule has 0 radical (unpaired) electrons. The molecule has 36 heavy (non-hydrogen) atoms. The third-order valence-electron chi connectivity index (χ3n) is 6.48. The molecule has 1 amide bonds. The van der Waals surface area contributed by atoms with Crippen LogP contribution in [0.15, 0.2) is 77.4 Å². The Hall–Kier alpha value is -4.07. The number of hydrogen-bond donors (Lipinski definition) is 1. The van der Waals surface area contributed by atoms with Gasteiger partial charge < -0.3 is 14.7 Å². The lowest BCUT2D eigenvalue weighted by molar-refractivity contribution is -0.125. The van der Waals surface area contributed by atoms with Crippen molar-refractivity contribution in [3.8, 4) is 22.8 Å². The zero-order valence-corrected chi connectivity index (χ0v) is 19.9. The number of aryl methyl sites for hydroxylation is 1. The lowest BCUT2D eigenvalue weighted by Crippen LogP contribution is -2.41. The summed E-state index contributed by atoms with van der Waals surface area (Å²) in [7, 11) is 0. The lowest BCUT2D eigenvalue weighted by Gasteiger charge is -2.32. The van der Waals surface area contributed by atoms with Crippen molar-refractivity contribution in [3.05, 3.63) is 84.3 Å². The van der Waals surface area contributed by atoms with Gasteiger partial charge in [-0.3, -0.25) is 4.79 Å². The quantitative estimate of drug-likeness (QED) is 0.357. The molecule has 1 saturated heterocycles. The third kappa shape index (κ3) is 5.59. The van der Waals surface area contributed by atoms with E-state index in [0.717, 1.165) is 37.1 Å². The standard InChI is InChI=1S/C28H28FN5O2/c29-23-11-4-10-22(19-23)25-32-28(36-33-25)24-12-6-15-30-26(24)34-17-13-21(14-18-34)27(35)31-16-5-9-20-7-2-1-3-8-20/h1-4,6-8,10-12,15,19,21H,5,9,13-14,16-18H2,(H,31,35). The fourth-order valence-electron chi connectivity index (χ4n) is 4.54. The van der Waals surface area contributed by atoms with E-state index in [1.54, 1.807) is 18.3 Å². The van der Waals surface area contributed by atoms with E-state index < -0.39 is 0 Å². The number of hydrogen-bond acceptors (Lipinski definition) is 6. The van der Waals surface area contributed by atoms with Crippen molar-refractivity contribution in [2.24, 2.45) is 5.92 Å². The Kier molecular flexibility index (Phi) is 7.30. The average molecular weight is 486 g/mol. The predicted molar refractivity (Wildman–Crippen MR) is 136 cm³/mol. The maximum Gasteiger partial charge on any atom is 0.261 e. The molecule has 3 heterocycles. The van der Waals surface area contributed by atoms with Crippen molar-refractivity contribution in [3.63, 3.8) is 0 Å². The second kappa shape index (κ2) is 11.1. The zero-order valence-electron chi connectivity index (χ0n) is 19.9. The fourth-order valence-corrected chi connectivity index (χ4v) is 4.54. The summed E-state index contributed by atoms with van der Waals surface area (Å²) in [4.78, 5) is 23.9. The number of benzene rings is 2. The summed E-state index contributed by atoms with van der Waals surface area (Å²) in [6.45, 7) is 2.09. The van der Waals surface area contributed by atoms with Gasteiger partial charge in [0.2, 0.25) is 11.7 Å². The molecule has 2 aromatic carbocycles. The molecule has 7 nitrogen and oxygen atoms in total. The molecule has 1 fully saturated rings. The molecule has 0 bridgehead atoms. The van der Waals surface area contributed by atoms with E-state index in [9.17, 15) is 9.18 Å². The Morgan fingerprint density at radius 3 is 2.69 bits per heavy atom. The minimum atomic E-state index is -0.357. The minimum absolute atomic E-state index is 0.00637. The van der Waals surface area contributed by atoms with Gasteiger partial charge in [-0.2, -0.15) is 4.98 Å². The van der Waals surface area contributed by atoms with Crippen molar-refractivity contribution >= 4 is 11.7 Å². The van der Waals surface area contributed by atoms with Gasteiger partial charge in [0.25, 0.3) is 5.89 Å². The monoisotopic (exact) mass is 485 g/mol. The molecular formula is C28H28FN5O2. The van der Waals surface area contributed by atoms with Gasteiger partial charge in [-0.15, -0.1) is 0 Å². The molecule has 184 valence electrons. The van der Waals surface area contributed by atoms with Crippen LogP contribution < -0.4 is 10.2 Å². The molecule has 0 aliphatic carbocycles. The third-order valence-corrected chi connectivity index (χ3v) is 6.48. The Balaban J connectivity index is 1.18. The highest BCUT2D eigenvalue weighted by Crippen LogP contribution is 2.32. The van der Waals surface area contributed by atoms with Crippen molar-refractivity contribution in [1.29, 1.82) is 0 Å². The van der Waals surface area contributed by atoms with E-state index in [0.29, 0.717) is 36.9 Å². The van der Waals surface area contributed by atoms with E-state index in [1.807, 2.05) is 30.3 Å². The highest BCUT2D eigenvalue weighted by atomic mass is 19.1. The summed E-state index contributed by atoms with van der Waals surface area (Å²) in [6, 6.07) is 20.1. The Morgan fingerprint density at radius 1 is 1.06 bits per heavy atom. The van der Waals surface area contributed by atoms with Crippen LogP contribution >= 0.6 is 0 Å². The number of amides is 1. The molecule has 0 saturated carbocycles. The van der Waals surface area contributed by atoms with E-state index >= 15 is 0 Å². The van der Waals surface area contributed by atoms with Crippen LogP contribution in [0.1, 0.15) is 24.8 Å². The van der Waals surface area contributed by atoms with Gasteiger partial charge in [-0.1, -0.05) is 47.6 Å². The van der Waals surface area contributed by atoms with Crippen molar-refractivity contribution < 1.29 is 13.7 Å². The van der Waals surface area contributed by atoms with Gasteiger partial charge in [0, 0.05) is 37.3 Å². The van der Waals surface area contributed by atoms with Crippen LogP contribution in [0.2, 0.25) is 0 Å². The highest BCUT2D eigenvalue weighted by Gasteiger charge is 2.27. The minimum Gasteiger partial charge on any atom is -0.356 e. The summed E-state index contributed by atoms with van der Waals surface area (Å²) in [5.74, 6) is 1.16. The van der Waals surface area contributed by atoms with Crippen LogP contribution in [0.25, 0.3) is 22.8 Å². The number of nitrogens with zero attached hydrogens (tertiary/aromatic N) is 4. The van der Waals surface area contributed by atoms with E-state index in [1.165, 1.54) is 17.7 Å². The molecule has 8 heteroatoms. The van der Waals surface area contributed by atoms with Gasteiger partial charge in [0.15, 0.2) is 0 Å². The van der Waals surface area contributed by atoms with Crippen molar-refractivity contribution in [2.45, 2.75) is 25.7 Å².